The Kier molecular flexibility index (Phi) is 4.24. The van der Waals surface area contributed by atoms with E-state index in [0.717, 1.165) is 11.3 Å². The van der Waals surface area contributed by atoms with Crippen LogP contribution in [-0.4, -0.2) is 17.7 Å². The molecule has 2 aromatic rings. The Morgan fingerprint density at radius 3 is 2.90 bits per heavy atom. The van der Waals surface area contributed by atoms with E-state index in [9.17, 15) is 4.79 Å². The van der Waals surface area contributed by atoms with Crippen molar-refractivity contribution in [3.05, 3.63) is 35.5 Å². The van der Waals surface area contributed by atoms with Gasteiger partial charge in [-0.15, -0.1) is 0 Å². The third-order valence-electron chi connectivity index (χ3n) is 2.87. The van der Waals surface area contributed by atoms with E-state index in [1.807, 2.05) is 13.8 Å². The molecule has 0 saturated carbocycles. The van der Waals surface area contributed by atoms with Crippen molar-refractivity contribution in [2.24, 2.45) is 0 Å². The number of carbonyl (C=O) groups excluding carboxylic acids is 1. The SMILES string of the molecule is Cc1noc(NC(=O)CCOc2cccc(N)c2)c1C. The van der Waals surface area contributed by atoms with Crippen LogP contribution in [0.2, 0.25) is 0 Å². The Morgan fingerprint density at radius 1 is 1.45 bits per heavy atom. The van der Waals surface area contributed by atoms with Gasteiger partial charge in [-0.1, -0.05) is 11.2 Å². The number of carbonyl (C=O) groups is 1. The average Bonchev–Trinajstić information content (AvgIpc) is 2.71. The van der Waals surface area contributed by atoms with Gasteiger partial charge in [0, 0.05) is 17.3 Å². The highest BCUT2D eigenvalue weighted by Crippen LogP contribution is 2.18. The van der Waals surface area contributed by atoms with Crippen LogP contribution in [0.5, 0.6) is 5.75 Å². The van der Waals surface area contributed by atoms with Crippen LogP contribution in [0.15, 0.2) is 28.8 Å². The number of hydrogen-bond donors (Lipinski definition) is 2. The van der Waals surface area contributed by atoms with Gasteiger partial charge < -0.3 is 15.0 Å². The fourth-order valence-corrected chi connectivity index (χ4v) is 1.59. The summed E-state index contributed by atoms with van der Waals surface area (Å²) in [6.45, 7) is 3.92. The molecular formula is C14H17N3O3. The number of nitrogens with one attached hydrogen (secondary N) is 1. The minimum absolute atomic E-state index is 0.187. The molecule has 0 aliphatic carbocycles. The van der Waals surface area contributed by atoms with Gasteiger partial charge in [-0.05, 0) is 26.0 Å². The highest BCUT2D eigenvalue weighted by atomic mass is 16.5. The number of anilines is 2. The van der Waals surface area contributed by atoms with Crippen molar-refractivity contribution in [3.8, 4) is 5.75 Å². The van der Waals surface area contributed by atoms with Crippen molar-refractivity contribution < 1.29 is 14.1 Å². The lowest BCUT2D eigenvalue weighted by atomic mass is 10.3. The van der Waals surface area contributed by atoms with Gasteiger partial charge in [0.05, 0.1) is 18.7 Å². The second-order valence-electron chi connectivity index (χ2n) is 4.44. The molecule has 0 saturated heterocycles. The van der Waals surface area contributed by atoms with Crippen molar-refractivity contribution in [1.82, 2.24) is 5.16 Å². The number of rotatable bonds is 5. The van der Waals surface area contributed by atoms with E-state index in [1.165, 1.54) is 0 Å². The van der Waals surface area contributed by atoms with E-state index in [0.29, 0.717) is 17.3 Å². The number of benzene rings is 1. The smallest absolute Gasteiger partial charge is 0.234 e. The maximum absolute atomic E-state index is 11.7. The number of aromatic nitrogens is 1. The quantitative estimate of drug-likeness (QED) is 0.817. The Hall–Kier alpha value is -2.50. The van der Waals surface area contributed by atoms with Crippen molar-refractivity contribution in [2.45, 2.75) is 20.3 Å². The van der Waals surface area contributed by atoms with Crippen LogP contribution in [0.1, 0.15) is 17.7 Å². The number of hydrogen-bond acceptors (Lipinski definition) is 5. The first-order chi connectivity index (χ1) is 9.56. The summed E-state index contributed by atoms with van der Waals surface area (Å²) in [5.41, 5.74) is 7.85. The monoisotopic (exact) mass is 275 g/mol. The molecule has 0 radical (unpaired) electrons. The second kappa shape index (κ2) is 6.10. The molecule has 1 aromatic carbocycles. The zero-order chi connectivity index (χ0) is 14.5. The van der Waals surface area contributed by atoms with Crippen molar-refractivity contribution >= 4 is 17.5 Å². The molecule has 0 aliphatic rings. The number of nitrogens with two attached hydrogens (primary N) is 1. The van der Waals surface area contributed by atoms with Crippen LogP contribution in [0.3, 0.4) is 0 Å². The maximum atomic E-state index is 11.7. The Labute approximate surface area is 116 Å². The lowest BCUT2D eigenvalue weighted by molar-refractivity contribution is -0.116. The van der Waals surface area contributed by atoms with Crippen molar-refractivity contribution in [2.75, 3.05) is 17.7 Å². The molecule has 0 spiro atoms. The second-order valence-corrected chi connectivity index (χ2v) is 4.44. The van der Waals surface area contributed by atoms with Gasteiger partial charge in [0.1, 0.15) is 5.75 Å². The van der Waals surface area contributed by atoms with Gasteiger partial charge in [0.25, 0.3) is 0 Å². The predicted molar refractivity (Wildman–Crippen MR) is 75.6 cm³/mol. The normalized spacial score (nSPS) is 10.3. The van der Waals surface area contributed by atoms with Crippen LogP contribution in [0.25, 0.3) is 0 Å². The minimum Gasteiger partial charge on any atom is -0.493 e. The minimum atomic E-state index is -0.187. The van der Waals surface area contributed by atoms with Gasteiger partial charge >= 0.3 is 0 Å². The standard InChI is InChI=1S/C14H17N3O3/c1-9-10(2)17-20-14(9)16-13(18)6-7-19-12-5-3-4-11(15)8-12/h3-5,8H,6-7,15H2,1-2H3,(H,16,18). The summed E-state index contributed by atoms with van der Waals surface area (Å²) >= 11 is 0. The molecule has 0 unspecified atom stereocenters. The van der Waals surface area contributed by atoms with E-state index in [1.54, 1.807) is 24.3 Å². The molecule has 20 heavy (non-hydrogen) atoms. The summed E-state index contributed by atoms with van der Waals surface area (Å²) < 4.78 is 10.5. The van der Waals surface area contributed by atoms with Gasteiger partial charge in [0.2, 0.25) is 11.8 Å². The number of ether oxygens (including phenoxy) is 1. The van der Waals surface area contributed by atoms with E-state index in [-0.39, 0.29) is 18.9 Å². The molecule has 3 N–H and O–H groups in total. The molecule has 0 fully saturated rings. The summed E-state index contributed by atoms with van der Waals surface area (Å²) in [5, 5.41) is 6.43. The average molecular weight is 275 g/mol. The van der Waals surface area contributed by atoms with E-state index in [4.69, 9.17) is 15.0 Å². The van der Waals surface area contributed by atoms with Gasteiger partial charge in [0.15, 0.2) is 0 Å². The van der Waals surface area contributed by atoms with Crippen LogP contribution in [0, 0.1) is 13.8 Å². The van der Waals surface area contributed by atoms with Crippen LogP contribution in [0.4, 0.5) is 11.6 Å². The van der Waals surface area contributed by atoms with E-state index < -0.39 is 0 Å². The third-order valence-corrected chi connectivity index (χ3v) is 2.87. The van der Waals surface area contributed by atoms with Crippen molar-refractivity contribution in [1.29, 1.82) is 0 Å². The van der Waals surface area contributed by atoms with E-state index >= 15 is 0 Å². The van der Waals surface area contributed by atoms with Crippen molar-refractivity contribution in [3.63, 3.8) is 0 Å². The van der Waals surface area contributed by atoms with Gasteiger partial charge in [-0.2, -0.15) is 0 Å². The first-order valence-electron chi connectivity index (χ1n) is 6.27. The molecule has 0 aliphatic heterocycles. The number of aryl methyl sites for hydroxylation is 1. The molecule has 0 atom stereocenters. The van der Waals surface area contributed by atoms with Crippen LogP contribution >= 0.6 is 0 Å². The highest BCUT2D eigenvalue weighted by molar-refractivity contribution is 5.90. The summed E-state index contributed by atoms with van der Waals surface area (Å²) in [4.78, 5) is 11.7. The number of amides is 1. The Morgan fingerprint density at radius 2 is 2.25 bits per heavy atom. The molecule has 6 heteroatoms. The zero-order valence-electron chi connectivity index (χ0n) is 11.5. The fourth-order valence-electron chi connectivity index (χ4n) is 1.59. The summed E-state index contributed by atoms with van der Waals surface area (Å²) in [7, 11) is 0. The van der Waals surface area contributed by atoms with Gasteiger partial charge in [-0.3, -0.25) is 10.1 Å². The first-order valence-corrected chi connectivity index (χ1v) is 6.27. The molecule has 2 rings (SSSR count). The molecule has 6 nitrogen and oxygen atoms in total. The molecule has 1 amide bonds. The van der Waals surface area contributed by atoms with Crippen LogP contribution < -0.4 is 15.8 Å². The number of nitrogen functional groups attached to an aromatic ring is 1. The molecular weight excluding hydrogens is 258 g/mol. The van der Waals surface area contributed by atoms with Gasteiger partial charge in [-0.25, -0.2) is 0 Å². The maximum Gasteiger partial charge on any atom is 0.234 e. The fraction of sp³-hybridized carbons (Fsp3) is 0.286. The zero-order valence-corrected chi connectivity index (χ0v) is 11.5. The lowest BCUT2D eigenvalue weighted by Crippen LogP contribution is -2.15. The molecule has 106 valence electrons. The largest absolute Gasteiger partial charge is 0.493 e. The summed E-state index contributed by atoms with van der Waals surface area (Å²) in [5.74, 6) is 0.842. The third kappa shape index (κ3) is 3.50. The highest BCUT2D eigenvalue weighted by Gasteiger charge is 2.11. The predicted octanol–water partition coefficient (Wildman–Crippen LogP) is 2.28. The van der Waals surface area contributed by atoms with E-state index in [2.05, 4.69) is 10.5 Å². The molecule has 1 heterocycles. The lowest BCUT2D eigenvalue weighted by Gasteiger charge is -2.06. The molecule has 1 aromatic heterocycles. The first kappa shape index (κ1) is 13.9. The Balaban J connectivity index is 1.80. The molecule has 0 bridgehead atoms. The number of nitrogens with zero attached hydrogens (tertiary/aromatic N) is 1. The topological polar surface area (TPSA) is 90.4 Å². The summed E-state index contributed by atoms with van der Waals surface area (Å²) in [6.07, 6.45) is 0.216. The summed E-state index contributed by atoms with van der Waals surface area (Å²) in [6, 6.07) is 7.07. The Bertz CT molecular complexity index is 607. The van der Waals surface area contributed by atoms with Crippen LogP contribution in [-0.2, 0) is 4.79 Å².